The maximum Gasteiger partial charge on any atom is 0.327 e. The van der Waals surface area contributed by atoms with Gasteiger partial charge in [-0.2, -0.15) is 0 Å². The van der Waals surface area contributed by atoms with Gasteiger partial charge in [-0.3, -0.25) is 0 Å². The molecule has 2 N–H and O–H groups in total. The smallest absolute Gasteiger partial charge is 0.327 e. The molecule has 0 spiro atoms. The van der Waals surface area contributed by atoms with Gasteiger partial charge >= 0.3 is 5.97 Å². The van der Waals surface area contributed by atoms with Crippen molar-refractivity contribution >= 4 is 5.97 Å². The Morgan fingerprint density at radius 2 is 2.00 bits per heavy atom. The van der Waals surface area contributed by atoms with Crippen molar-refractivity contribution < 1.29 is 14.3 Å². The molecular weight excluding hydrogens is 194 g/mol. The fourth-order valence-corrected chi connectivity index (χ4v) is 1.21. The highest BCUT2D eigenvalue weighted by Crippen LogP contribution is 2.04. The van der Waals surface area contributed by atoms with Gasteiger partial charge in [-0.1, -0.05) is 26.2 Å². The number of unbranched alkanes of at least 4 members (excludes halogenated alkanes) is 3. The second kappa shape index (κ2) is 7.65. The second-order valence-electron chi connectivity index (χ2n) is 4.02. The van der Waals surface area contributed by atoms with Gasteiger partial charge < -0.3 is 15.2 Å². The van der Waals surface area contributed by atoms with Crippen molar-refractivity contribution in [2.45, 2.75) is 45.1 Å². The highest BCUT2D eigenvalue weighted by molar-refractivity contribution is 5.80. The predicted octanol–water partition coefficient (Wildman–Crippen LogP) is 1.47. The molecule has 0 aliphatic carbocycles. The maximum absolute atomic E-state index is 11.2. The van der Waals surface area contributed by atoms with Crippen LogP contribution in [0.4, 0.5) is 0 Å². The molecule has 0 amide bonds. The van der Waals surface area contributed by atoms with E-state index < -0.39 is 11.5 Å². The predicted molar refractivity (Wildman–Crippen MR) is 59.6 cm³/mol. The van der Waals surface area contributed by atoms with Crippen LogP contribution in [0, 0.1) is 0 Å². The second-order valence-corrected chi connectivity index (χ2v) is 4.02. The lowest BCUT2D eigenvalue weighted by Crippen LogP contribution is -2.49. The van der Waals surface area contributed by atoms with Crippen LogP contribution in [0.5, 0.6) is 0 Å². The molecule has 0 rings (SSSR count). The minimum atomic E-state index is -1.03. The Kier molecular flexibility index (Phi) is 7.34. The van der Waals surface area contributed by atoms with Crippen LogP contribution in [-0.2, 0) is 14.3 Å². The van der Waals surface area contributed by atoms with Crippen molar-refractivity contribution in [1.82, 2.24) is 0 Å². The van der Waals surface area contributed by atoms with E-state index in [-0.39, 0.29) is 6.61 Å². The first-order chi connectivity index (χ1) is 7.04. The average Bonchev–Trinajstić information content (AvgIpc) is 2.22. The van der Waals surface area contributed by atoms with E-state index in [9.17, 15) is 4.79 Å². The first-order valence-electron chi connectivity index (χ1n) is 5.49. The Hall–Kier alpha value is -0.610. The summed E-state index contributed by atoms with van der Waals surface area (Å²) in [6.07, 6.45) is 4.61. The van der Waals surface area contributed by atoms with Crippen LogP contribution in [0.1, 0.15) is 39.5 Å². The van der Waals surface area contributed by atoms with Crippen LogP contribution in [0.15, 0.2) is 0 Å². The zero-order chi connectivity index (χ0) is 11.7. The van der Waals surface area contributed by atoms with Gasteiger partial charge in [0, 0.05) is 6.61 Å². The van der Waals surface area contributed by atoms with E-state index in [4.69, 9.17) is 10.5 Å². The number of carbonyl (C=O) groups is 1. The minimum absolute atomic E-state index is 0.214. The van der Waals surface area contributed by atoms with Crippen molar-refractivity contribution in [3.63, 3.8) is 0 Å². The topological polar surface area (TPSA) is 61.5 Å². The summed E-state index contributed by atoms with van der Waals surface area (Å²) in [5, 5.41) is 0. The van der Waals surface area contributed by atoms with Gasteiger partial charge in [0.1, 0.15) is 5.54 Å². The number of methoxy groups -OCH3 is 1. The van der Waals surface area contributed by atoms with E-state index in [0.717, 1.165) is 12.8 Å². The first-order valence-corrected chi connectivity index (χ1v) is 5.49. The molecule has 4 nitrogen and oxygen atoms in total. The molecule has 0 heterocycles. The van der Waals surface area contributed by atoms with E-state index in [0.29, 0.717) is 6.61 Å². The third-order valence-corrected chi connectivity index (χ3v) is 2.20. The molecule has 4 heteroatoms. The molecule has 1 unspecified atom stereocenters. The summed E-state index contributed by atoms with van der Waals surface area (Å²) in [6.45, 7) is 4.65. The maximum atomic E-state index is 11.2. The number of esters is 1. The summed E-state index contributed by atoms with van der Waals surface area (Å²) >= 11 is 0. The van der Waals surface area contributed by atoms with E-state index in [1.807, 2.05) is 0 Å². The molecule has 0 aliphatic rings. The summed E-state index contributed by atoms with van der Waals surface area (Å²) in [4.78, 5) is 11.2. The van der Waals surface area contributed by atoms with E-state index >= 15 is 0 Å². The normalized spacial score (nSPS) is 14.7. The Bertz CT molecular complexity index is 181. The number of nitrogens with two attached hydrogens (primary N) is 1. The fourth-order valence-electron chi connectivity index (χ4n) is 1.21. The molecular formula is C11H23NO3. The largest absolute Gasteiger partial charge is 0.468 e. The van der Waals surface area contributed by atoms with Crippen LogP contribution in [0.3, 0.4) is 0 Å². The Labute approximate surface area is 92.1 Å². The Morgan fingerprint density at radius 1 is 1.33 bits per heavy atom. The van der Waals surface area contributed by atoms with E-state index in [2.05, 4.69) is 11.7 Å². The van der Waals surface area contributed by atoms with E-state index in [1.54, 1.807) is 6.92 Å². The number of carbonyl (C=O) groups excluding carboxylic acids is 1. The molecule has 0 radical (unpaired) electrons. The highest BCUT2D eigenvalue weighted by Gasteiger charge is 2.29. The molecule has 15 heavy (non-hydrogen) atoms. The summed E-state index contributed by atoms with van der Waals surface area (Å²) in [5.74, 6) is -0.434. The van der Waals surface area contributed by atoms with Crippen molar-refractivity contribution in [3.05, 3.63) is 0 Å². The SMILES string of the molecule is CCCCCCOCC(C)(N)C(=O)OC. The third kappa shape index (κ3) is 6.47. The average molecular weight is 217 g/mol. The molecule has 0 saturated carbocycles. The number of hydrogen-bond acceptors (Lipinski definition) is 4. The van der Waals surface area contributed by atoms with Gasteiger partial charge in [-0.05, 0) is 13.3 Å². The lowest BCUT2D eigenvalue weighted by molar-refractivity contribution is -0.148. The van der Waals surface area contributed by atoms with Gasteiger partial charge in [-0.15, -0.1) is 0 Å². The third-order valence-electron chi connectivity index (χ3n) is 2.20. The summed E-state index contributed by atoms with van der Waals surface area (Å²) in [7, 11) is 1.33. The van der Waals surface area contributed by atoms with Gasteiger partial charge in [0.2, 0.25) is 0 Å². The summed E-state index contributed by atoms with van der Waals surface area (Å²) in [6, 6.07) is 0. The Balaban J connectivity index is 3.53. The van der Waals surface area contributed by atoms with Crippen molar-refractivity contribution in [3.8, 4) is 0 Å². The molecule has 0 bridgehead atoms. The van der Waals surface area contributed by atoms with Crippen LogP contribution < -0.4 is 5.73 Å². The lowest BCUT2D eigenvalue weighted by Gasteiger charge is -2.21. The minimum Gasteiger partial charge on any atom is -0.468 e. The number of hydrogen-bond donors (Lipinski definition) is 1. The first kappa shape index (κ1) is 14.4. The van der Waals surface area contributed by atoms with Crippen molar-refractivity contribution in [2.75, 3.05) is 20.3 Å². The fraction of sp³-hybridized carbons (Fsp3) is 0.909. The molecule has 0 aromatic rings. The Morgan fingerprint density at radius 3 is 2.53 bits per heavy atom. The molecule has 0 aliphatic heterocycles. The molecule has 90 valence electrons. The molecule has 0 aromatic carbocycles. The van der Waals surface area contributed by atoms with Crippen LogP contribution in [0.2, 0.25) is 0 Å². The quantitative estimate of drug-likeness (QED) is 0.494. The van der Waals surface area contributed by atoms with Crippen LogP contribution in [-0.4, -0.2) is 31.8 Å². The monoisotopic (exact) mass is 217 g/mol. The summed E-state index contributed by atoms with van der Waals surface area (Å²) < 4.78 is 9.91. The van der Waals surface area contributed by atoms with Gasteiger partial charge in [0.15, 0.2) is 0 Å². The molecule has 0 aromatic heterocycles. The van der Waals surface area contributed by atoms with Gasteiger partial charge in [-0.25, -0.2) is 4.79 Å². The zero-order valence-electron chi connectivity index (χ0n) is 10.0. The standard InChI is InChI=1S/C11H23NO3/c1-4-5-6-7-8-15-9-11(2,12)10(13)14-3/h4-9,12H2,1-3H3. The van der Waals surface area contributed by atoms with Gasteiger partial charge in [0.25, 0.3) is 0 Å². The van der Waals surface area contributed by atoms with Crippen molar-refractivity contribution in [1.29, 1.82) is 0 Å². The van der Waals surface area contributed by atoms with E-state index in [1.165, 1.54) is 20.0 Å². The molecule has 1 atom stereocenters. The van der Waals surface area contributed by atoms with Crippen LogP contribution in [0.25, 0.3) is 0 Å². The molecule has 0 fully saturated rings. The lowest BCUT2D eigenvalue weighted by atomic mass is 10.1. The number of rotatable bonds is 8. The van der Waals surface area contributed by atoms with Gasteiger partial charge in [0.05, 0.1) is 13.7 Å². The zero-order valence-corrected chi connectivity index (χ0v) is 10.0. The summed E-state index contributed by atoms with van der Waals surface area (Å²) in [5.41, 5.74) is 4.68. The highest BCUT2D eigenvalue weighted by atomic mass is 16.5. The number of ether oxygens (including phenoxy) is 2. The van der Waals surface area contributed by atoms with Crippen LogP contribution >= 0.6 is 0 Å². The van der Waals surface area contributed by atoms with Crippen molar-refractivity contribution in [2.24, 2.45) is 5.73 Å². The molecule has 0 saturated heterocycles.